The minimum absolute atomic E-state index is 0.221. The number of aryl methyl sites for hydroxylation is 2. The van der Waals surface area contributed by atoms with Crippen LogP contribution in [-0.2, 0) is 11.2 Å². The minimum atomic E-state index is -0.980. The van der Waals surface area contributed by atoms with Gasteiger partial charge in [-0.05, 0) is 43.0 Å². The molecule has 0 saturated carbocycles. The molecule has 0 aliphatic carbocycles. The Balaban J connectivity index is 2.62. The number of carboxylic acid groups (broad SMARTS) is 1. The van der Waals surface area contributed by atoms with Crippen LogP contribution in [0.2, 0.25) is 0 Å². The van der Waals surface area contributed by atoms with Crippen molar-refractivity contribution in [3.8, 4) is 5.75 Å². The summed E-state index contributed by atoms with van der Waals surface area (Å²) in [5.41, 5.74) is 7.36. The summed E-state index contributed by atoms with van der Waals surface area (Å²) >= 11 is 0. The van der Waals surface area contributed by atoms with Gasteiger partial charge in [-0.3, -0.25) is 4.79 Å². The van der Waals surface area contributed by atoms with Gasteiger partial charge in [0.2, 0.25) is 0 Å². The molecule has 0 aliphatic heterocycles. The number of aromatic hydroxyl groups is 1. The Morgan fingerprint density at radius 2 is 2.20 bits per heavy atom. The highest BCUT2D eigenvalue weighted by Gasteiger charge is 2.11. The van der Waals surface area contributed by atoms with Gasteiger partial charge in [0.15, 0.2) is 0 Å². The smallest absolute Gasteiger partial charge is 0.320 e. The quantitative estimate of drug-likeness (QED) is 0.692. The van der Waals surface area contributed by atoms with Crippen LogP contribution < -0.4 is 5.73 Å². The van der Waals surface area contributed by atoms with Gasteiger partial charge in [0.05, 0.1) is 0 Å². The van der Waals surface area contributed by atoms with Crippen LogP contribution in [0.5, 0.6) is 5.75 Å². The number of nitrogens with two attached hydrogens (primary N) is 1. The molecule has 82 valence electrons. The molecule has 0 heterocycles. The molecule has 4 nitrogen and oxygen atoms in total. The van der Waals surface area contributed by atoms with E-state index in [4.69, 9.17) is 10.8 Å². The van der Waals surface area contributed by atoms with Crippen molar-refractivity contribution in [1.82, 2.24) is 0 Å². The maximum Gasteiger partial charge on any atom is 0.320 e. The summed E-state index contributed by atoms with van der Waals surface area (Å²) < 4.78 is 0. The maximum atomic E-state index is 10.5. The highest BCUT2D eigenvalue weighted by molar-refractivity contribution is 5.73. The summed E-state index contributed by atoms with van der Waals surface area (Å²) in [7, 11) is 0. The van der Waals surface area contributed by atoms with Gasteiger partial charge in [0.25, 0.3) is 0 Å². The zero-order valence-corrected chi connectivity index (χ0v) is 8.60. The third-order valence-electron chi connectivity index (χ3n) is 2.37. The lowest BCUT2D eigenvalue weighted by Gasteiger charge is -2.08. The van der Waals surface area contributed by atoms with Crippen molar-refractivity contribution in [2.75, 3.05) is 0 Å². The van der Waals surface area contributed by atoms with E-state index < -0.39 is 12.0 Å². The Hall–Kier alpha value is -1.55. The molecular weight excluding hydrogens is 194 g/mol. The molecule has 0 aliphatic rings. The zero-order chi connectivity index (χ0) is 11.4. The number of aliphatic carboxylic acids is 1. The number of hydrogen-bond donors (Lipinski definition) is 3. The third-order valence-corrected chi connectivity index (χ3v) is 2.37. The molecule has 0 amide bonds. The molecule has 0 radical (unpaired) electrons. The molecule has 1 atom stereocenters. The normalized spacial score (nSPS) is 12.4. The van der Waals surface area contributed by atoms with E-state index in [1.807, 2.05) is 6.92 Å². The molecule has 0 spiro atoms. The number of benzene rings is 1. The Bertz CT molecular complexity index is 363. The summed E-state index contributed by atoms with van der Waals surface area (Å²) in [4.78, 5) is 10.5. The summed E-state index contributed by atoms with van der Waals surface area (Å²) in [5.74, 6) is -0.759. The van der Waals surface area contributed by atoms with Gasteiger partial charge in [-0.1, -0.05) is 6.07 Å². The van der Waals surface area contributed by atoms with Crippen molar-refractivity contribution in [2.45, 2.75) is 25.8 Å². The predicted octanol–water partition coefficient (Wildman–Crippen LogP) is 1.05. The van der Waals surface area contributed by atoms with E-state index in [0.29, 0.717) is 12.8 Å². The fourth-order valence-corrected chi connectivity index (χ4v) is 1.40. The van der Waals surface area contributed by atoms with Crippen LogP contribution in [0.4, 0.5) is 0 Å². The second-order valence-corrected chi connectivity index (χ2v) is 3.59. The molecule has 1 rings (SSSR count). The molecule has 0 fully saturated rings. The summed E-state index contributed by atoms with van der Waals surface area (Å²) in [6.07, 6.45) is 1.01. The average molecular weight is 209 g/mol. The highest BCUT2D eigenvalue weighted by atomic mass is 16.4. The van der Waals surface area contributed by atoms with Crippen LogP contribution in [0.3, 0.4) is 0 Å². The van der Waals surface area contributed by atoms with E-state index >= 15 is 0 Å². The molecule has 4 heteroatoms. The first-order valence-electron chi connectivity index (χ1n) is 4.77. The Kier molecular flexibility index (Phi) is 3.68. The van der Waals surface area contributed by atoms with E-state index in [1.165, 1.54) is 0 Å². The van der Waals surface area contributed by atoms with Crippen LogP contribution >= 0.6 is 0 Å². The lowest BCUT2D eigenvalue weighted by Crippen LogP contribution is -2.30. The van der Waals surface area contributed by atoms with Crippen molar-refractivity contribution in [3.63, 3.8) is 0 Å². The summed E-state index contributed by atoms with van der Waals surface area (Å²) in [5, 5.41) is 17.8. The highest BCUT2D eigenvalue weighted by Crippen LogP contribution is 2.17. The number of phenolic OH excluding ortho intramolecular Hbond substituents is 1. The van der Waals surface area contributed by atoms with E-state index in [0.717, 1.165) is 11.1 Å². The Labute approximate surface area is 88.3 Å². The number of phenols is 1. The van der Waals surface area contributed by atoms with Crippen LogP contribution in [0.1, 0.15) is 17.5 Å². The molecule has 15 heavy (non-hydrogen) atoms. The van der Waals surface area contributed by atoms with Gasteiger partial charge in [-0.2, -0.15) is 0 Å². The van der Waals surface area contributed by atoms with Crippen molar-refractivity contribution in [1.29, 1.82) is 0 Å². The van der Waals surface area contributed by atoms with Crippen LogP contribution in [0.15, 0.2) is 18.2 Å². The van der Waals surface area contributed by atoms with Crippen molar-refractivity contribution < 1.29 is 15.0 Å². The second kappa shape index (κ2) is 4.79. The predicted molar refractivity (Wildman–Crippen MR) is 56.8 cm³/mol. The lowest BCUT2D eigenvalue weighted by atomic mass is 10.0. The third kappa shape index (κ3) is 3.25. The van der Waals surface area contributed by atoms with Gasteiger partial charge >= 0.3 is 5.97 Å². The molecule has 4 N–H and O–H groups in total. The molecule has 1 aromatic carbocycles. The van der Waals surface area contributed by atoms with Crippen molar-refractivity contribution in [2.24, 2.45) is 5.73 Å². The summed E-state index contributed by atoms with van der Waals surface area (Å²) in [6, 6.07) is 4.22. The molecule has 0 aromatic heterocycles. The molecule has 0 bridgehead atoms. The van der Waals surface area contributed by atoms with Gasteiger partial charge in [0, 0.05) is 0 Å². The fraction of sp³-hybridized carbons (Fsp3) is 0.364. The van der Waals surface area contributed by atoms with E-state index in [9.17, 15) is 9.90 Å². The number of carboxylic acids is 1. The Morgan fingerprint density at radius 3 is 2.73 bits per heavy atom. The first kappa shape index (κ1) is 11.5. The van der Waals surface area contributed by atoms with Gasteiger partial charge in [-0.15, -0.1) is 0 Å². The van der Waals surface area contributed by atoms with Gasteiger partial charge in [0.1, 0.15) is 11.8 Å². The molecule has 0 unspecified atom stereocenters. The Morgan fingerprint density at radius 1 is 1.53 bits per heavy atom. The number of rotatable bonds is 4. The number of hydrogen-bond acceptors (Lipinski definition) is 3. The van der Waals surface area contributed by atoms with Crippen LogP contribution in [0.25, 0.3) is 0 Å². The molecule has 1 aromatic rings. The van der Waals surface area contributed by atoms with Crippen LogP contribution in [-0.4, -0.2) is 22.2 Å². The van der Waals surface area contributed by atoms with E-state index in [1.54, 1.807) is 18.2 Å². The zero-order valence-electron chi connectivity index (χ0n) is 8.60. The van der Waals surface area contributed by atoms with E-state index in [2.05, 4.69) is 0 Å². The SMILES string of the molecule is Cc1cc(O)ccc1CC[C@H](N)C(=O)O. The van der Waals surface area contributed by atoms with E-state index in [-0.39, 0.29) is 5.75 Å². The number of carbonyl (C=O) groups is 1. The lowest BCUT2D eigenvalue weighted by molar-refractivity contribution is -0.138. The standard InChI is InChI=1S/C11H15NO3/c1-7-6-9(13)4-2-8(7)3-5-10(12)11(14)15/h2,4,6,10,13H,3,5,12H2,1H3,(H,14,15)/t10-/m0/s1. The van der Waals surface area contributed by atoms with Crippen molar-refractivity contribution in [3.05, 3.63) is 29.3 Å². The average Bonchev–Trinajstić information content (AvgIpc) is 2.15. The topological polar surface area (TPSA) is 83.5 Å². The second-order valence-electron chi connectivity index (χ2n) is 3.59. The van der Waals surface area contributed by atoms with Gasteiger partial charge < -0.3 is 15.9 Å². The van der Waals surface area contributed by atoms with Crippen LogP contribution in [0, 0.1) is 6.92 Å². The fourth-order valence-electron chi connectivity index (χ4n) is 1.40. The molecule has 0 saturated heterocycles. The van der Waals surface area contributed by atoms with Crippen molar-refractivity contribution >= 4 is 5.97 Å². The molecular formula is C11H15NO3. The minimum Gasteiger partial charge on any atom is -0.508 e. The summed E-state index contributed by atoms with van der Waals surface area (Å²) in [6.45, 7) is 1.88. The maximum absolute atomic E-state index is 10.5. The first-order chi connectivity index (χ1) is 7.00. The van der Waals surface area contributed by atoms with Gasteiger partial charge in [-0.25, -0.2) is 0 Å². The monoisotopic (exact) mass is 209 g/mol. The first-order valence-corrected chi connectivity index (χ1v) is 4.77. The largest absolute Gasteiger partial charge is 0.508 e.